The minimum absolute atomic E-state index is 0.520. The smallest absolute Gasteiger partial charge is 0.192 e. The molecule has 0 aliphatic heterocycles. The van der Waals surface area contributed by atoms with Crippen molar-refractivity contribution in [3.8, 4) is 54.6 Å². The standard InChI is InChI=1S/C31H5F6N9/c32-30(33,34)28-18(9-41)1-15(6-38)3-21(28)23(11-43)20-5-17(8-40)27(26(14-46)24(20)12-44)25(13-45)22-4-16(7-39)2-19(10-42)29(22)31(35,36)37/h1-5H/b23-20+,27-25-. The van der Waals surface area contributed by atoms with Gasteiger partial charge in [-0.1, -0.05) is 0 Å². The lowest BCUT2D eigenvalue weighted by molar-refractivity contribution is -0.138. The van der Waals surface area contributed by atoms with E-state index in [9.17, 15) is 73.7 Å². The fourth-order valence-corrected chi connectivity index (χ4v) is 4.57. The van der Waals surface area contributed by atoms with Gasteiger partial charge in [0.05, 0.1) is 91.6 Å². The Labute approximate surface area is 253 Å². The second-order valence-corrected chi connectivity index (χ2v) is 8.74. The summed E-state index contributed by atoms with van der Waals surface area (Å²) < 4.78 is 85.1. The maximum atomic E-state index is 14.2. The van der Waals surface area contributed by atoms with Gasteiger partial charge in [0.1, 0.15) is 24.3 Å². The topological polar surface area (TPSA) is 214 Å². The molecule has 3 aromatic rings. The van der Waals surface area contributed by atoms with Gasteiger partial charge in [0, 0.05) is 21.6 Å². The molecule has 0 N–H and O–H groups in total. The summed E-state index contributed by atoms with van der Waals surface area (Å²) in [5, 5.41) is 85.7. The van der Waals surface area contributed by atoms with Crippen molar-refractivity contribution in [2.45, 2.75) is 12.4 Å². The molecule has 0 radical (unpaired) electrons. The molecule has 0 bridgehead atoms. The van der Waals surface area contributed by atoms with E-state index in [0.29, 0.717) is 30.3 Å². The Morgan fingerprint density at radius 3 is 1.20 bits per heavy atom. The largest absolute Gasteiger partial charge is 0.418 e. The molecule has 0 unspecified atom stereocenters. The van der Waals surface area contributed by atoms with Gasteiger partial charge in [0.25, 0.3) is 0 Å². The molecule has 0 spiro atoms. The summed E-state index contributed by atoms with van der Waals surface area (Å²) in [4.78, 5) is 0. The molecule has 0 aliphatic rings. The van der Waals surface area contributed by atoms with Crippen LogP contribution in [0.1, 0.15) is 61.2 Å². The maximum Gasteiger partial charge on any atom is 0.418 e. The lowest BCUT2D eigenvalue weighted by Gasteiger charge is -2.16. The number of halogens is 6. The van der Waals surface area contributed by atoms with Crippen LogP contribution in [0.15, 0.2) is 30.3 Å². The molecule has 0 aliphatic carbocycles. The molecular weight excluding hydrogens is 612 g/mol. The van der Waals surface area contributed by atoms with Crippen molar-refractivity contribution in [1.29, 1.82) is 47.4 Å². The van der Waals surface area contributed by atoms with Gasteiger partial charge in [0.2, 0.25) is 0 Å². The molecule has 9 nitrogen and oxygen atoms in total. The van der Waals surface area contributed by atoms with Crippen LogP contribution in [0.4, 0.5) is 26.3 Å². The van der Waals surface area contributed by atoms with Crippen molar-refractivity contribution in [1.82, 2.24) is 0 Å². The number of benzene rings is 3. The van der Waals surface area contributed by atoms with Crippen LogP contribution in [0.3, 0.4) is 0 Å². The van der Waals surface area contributed by atoms with Gasteiger partial charge in [0.15, 0.2) is 0 Å². The van der Waals surface area contributed by atoms with Crippen molar-refractivity contribution < 1.29 is 26.3 Å². The van der Waals surface area contributed by atoms with Crippen molar-refractivity contribution in [2.75, 3.05) is 0 Å². The molecule has 46 heavy (non-hydrogen) atoms. The quantitative estimate of drug-likeness (QED) is 0.375. The Balaban J connectivity index is 2.86. The number of nitrogens with zero attached hydrogens (tertiary/aromatic N) is 9. The van der Waals surface area contributed by atoms with Gasteiger partial charge in [-0.3, -0.25) is 0 Å². The van der Waals surface area contributed by atoms with Gasteiger partial charge >= 0.3 is 12.4 Å². The molecule has 0 saturated heterocycles. The summed E-state index contributed by atoms with van der Waals surface area (Å²) >= 11 is 0. The number of hydrogen-bond acceptors (Lipinski definition) is 9. The zero-order valence-corrected chi connectivity index (χ0v) is 22.2. The molecule has 0 aromatic heterocycles. The van der Waals surface area contributed by atoms with E-state index in [1.54, 1.807) is 0 Å². The van der Waals surface area contributed by atoms with Gasteiger partial charge in [-0.05, 0) is 30.3 Å². The Hall–Kier alpha value is -7.61. The molecular formula is C31H5F6N9. The van der Waals surface area contributed by atoms with E-state index < -0.39 is 95.1 Å². The molecule has 0 amide bonds. The monoisotopic (exact) mass is 617 g/mol. The first-order valence-corrected chi connectivity index (χ1v) is 11.8. The Morgan fingerprint density at radius 1 is 0.457 bits per heavy atom. The predicted octanol–water partition coefficient (Wildman–Crippen LogP) is 4.27. The Morgan fingerprint density at radius 2 is 0.870 bits per heavy atom. The molecule has 0 saturated carbocycles. The van der Waals surface area contributed by atoms with Gasteiger partial charge < -0.3 is 0 Å². The van der Waals surface area contributed by atoms with E-state index in [1.807, 2.05) is 0 Å². The fourth-order valence-electron chi connectivity index (χ4n) is 4.57. The third-order valence-corrected chi connectivity index (χ3v) is 6.30. The fraction of sp³-hybridized carbons (Fsp3) is 0.0645. The molecule has 0 atom stereocenters. The van der Waals surface area contributed by atoms with E-state index in [1.165, 1.54) is 54.6 Å². The first kappa shape index (κ1) is 32.9. The van der Waals surface area contributed by atoms with E-state index in [-0.39, 0.29) is 0 Å². The van der Waals surface area contributed by atoms with Crippen LogP contribution < -0.4 is 10.4 Å². The third kappa shape index (κ3) is 5.58. The summed E-state index contributed by atoms with van der Waals surface area (Å²) in [5.41, 5.74) is -13.9. The summed E-state index contributed by atoms with van der Waals surface area (Å²) in [6, 6.07) is 15.7. The van der Waals surface area contributed by atoms with E-state index in [4.69, 9.17) is 0 Å². The lowest BCUT2D eigenvalue weighted by atomic mass is 9.87. The van der Waals surface area contributed by atoms with Crippen molar-refractivity contribution in [3.05, 3.63) is 102 Å². The van der Waals surface area contributed by atoms with Gasteiger partial charge in [-0.15, -0.1) is 0 Å². The molecule has 0 fully saturated rings. The number of alkyl halides is 6. The second-order valence-electron chi connectivity index (χ2n) is 8.74. The van der Waals surface area contributed by atoms with Crippen LogP contribution in [0.5, 0.6) is 0 Å². The summed E-state index contributed by atoms with van der Waals surface area (Å²) in [6.07, 6.45) is -10.7. The molecule has 3 rings (SSSR count). The van der Waals surface area contributed by atoms with Crippen LogP contribution >= 0.6 is 0 Å². The van der Waals surface area contributed by atoms with Crippen LogP contribution in [-0.4, -0.2) is 0 Å². The SMILES string of the molecule is N#C/C(c1cc(C#N)cc(C#N)c1C(F)(F)F)=c1/cc(C#N)/c(=C(\C#N)c2cc(C#N)cc(C#N)c2C(F)(F)F)c(C#N)c1C#N. The van der Waals surface area contributed by atoms with Gasteiger partial charge in [-0.25, -0.2) is 0 Å². The van der Waals surface area contributed by atoms with E-state index >= 15 is 0 Å². The predicted molar refractivity (Wildman–Crippen MR) is 138 cm³/mol. The normalized spacial score (nSPS) is 11.8. The highest BCUT2D eigenvalue weighted by molar-refractivity contribution is 5.86. The van der Waals surface area contributed by atoms with E-state index in [2.05, 4.69) is 0 Å². The highest BCUT2D eigenvalue weighted by atomic mass is 19.4. The van der Waals surface area contributed by atoms with Crippen LogP contribution in [-0.2, 0) is 12.4 Å². The van der Waals surface area contributed by atoms with E-state index in [0.717, 1.165) is 0 Å². The van der Waals surface area contributed by atoms with Crippen LogP contribution in [0, 0.1) is 102 Å². The maximum absolute atomic E-state index is 14.2. The zero-order valence-electron chi connectivity index (χ0n) is 22.2. The summed E-state index contributed by atoms with van der Waals surface area (Å²) in [6.45, 7) is 0. The first-order chi connectivity index (χ1) is 21.7. The highest BCUT2D eigenvalue weighted by Gasteiger charge is 2.39. The molecule has 3 aromatic carbocycles. The summed E-state index contributed by atoms with van der Waals surface area (Å²) in [7, 11) is 0. The number of nitriles is 9. The number of hydrogen-bond donors (Lipinski definition) is 0. The Kier molecular flexibility index (Phi) is 8.81. The first-order valence-electron chi connectivity index (χ1n) is 11.8. The molecule has 15 heteroatoms. The highest BCUT2D eigenvalue weighted by Crippen LogP contribution is 2.39. The number of rotatable bonds is 2. The molecule has 0 heterocycles. The average molecular weight is 617 g/mol. The third-order valence-electron chi connectivity index (χ3n) is 6.30. The zero-order chi connectivity index (χ0) is 34.6. The Bertz CT molecular complexity index is 2390. The minimum atomic E-state index is -5.34. The lowest BCUT2D eigenvalue weighted by Crippen LogP contribution is -2.27. The molecule has 216 valence electrons. The minimum Gasteiger partial charge on any atom is -0.192 e. The van der Waals surface area contributed by atoms with Gasteiger partial charge in [-0.2, -0.15) is 73.7 Å². The average Bonchev–Trinajstić information content (AvgIpc) is 3.03. The van der Waals surface area contributed by atoms with Crippen LogP contribution in [0.25, 0.3) is 11.1 Å². The van der Waals surface area contributed by atoms with Crippen molar-refractivity contribution in [2.24, 2.45) is 0 Å². The second kappa shape index (κ2) is 12.3. The van der Waals surface area contributed by atoms with Crippen molar-refractivity contribution >= 4 is 11.1 Å². The van der Waals surface area contributed by atoms with Crippen molar-refractivity contribution in [3.63, 3.8) is 0 Å². The van der Waals surface area contributed by atoms with Crippen LogP contribution in [0.2, 0.25) is 0 Å². The summed E-state index contributed by atoms with van der Waals surface area (Å²) in [5.74, 6) is 0.